The molecule has 0 saturated carbocycles. The Labute approximate surface area is 135 Å². The van der Waals surface area contributed by atoms with Crippen molar-refractivity contribution in [2.75, 3.05) is 16.8 Å². The number of amides is 1. The molecule has 0 aliphatic carbocycles. The van der Waals surface area contributed by atoms with Crippen LogP contribution in [0.4, 0.5) is 5.69 Å². The van der Waals surface area contributed by atoms with Crippen LogP contribution in [-0.4, -0.2) is 42.4 Å². The van der Waals surface area contributed by atoms with Gasteiger partial charge in [0.15, 0.2) is 9.84 Å². The van der Waals surface area contributed by atoms with Crippen LogP contribution >= 0.6 is 0 Å². The van der Waals surface area contributed by atoms with E-state index in [1.54, 1.807) is 20.8 Å². The van der Waals surface area contributed by atoms with Crippen molar-refractivity contribution in [2.24, 2.45) is 5.92 Å². The molecule has 1 atom stereocenters. The molecule has 1 aliphatic heterocycles. The second-order valence-corrected chi connectivity index (χ2v) is 8.75. The Balaban J connectivity index is 2.06. The fourth-order valence-electron chi connectivity index (χ4n) is 2.20. The second-order valence-electron chi connectivity index (χ2n) is 6.52. The Bertz CT molecular complexity index is 722. The number of nitrogens with zero attached hydrogens (tertiary/aromatic N) is 1. The second kappa shape index (κ2) is 6.27. The van der Waals surface area contributed by atoms with Crippen LogP contribution in [0.2, 0.25) is 0 Å². The first-order chi connectivity index (χ1) is 10.6. The third-order valence-electron chi connectivity index (χ3n) is 3.24. The molecule has 1 N–H and O–H groups in total. The van der Waals surface area contributed by atoms with Gasteiger partial charge in [0.2, 0.25) is 5.91 Å². The van der Waals surface area contributed by atoms with Crippen LogP contribution in [0.5, 0.6) is 0 Å². The zero-order valence-corrected chi connectivity index (χ0v) is 14.1. The van der Waals surface area contributed by atoms with Crippen molar-refractivity contribution in [3.8, 4) is 0 Å². The number of hydrogen-bond acceptors (Lipinski definition) is 6. The minimum atomic E-state index is -3.12. The standard InChI is InChI=1S/C15H20N2O5S/c1-15(2,3)22-14(19)12-8-11(4-6-16-12)17-13(18)10-5-7-23(20,21)9-10/h4,6,8,10H,5,7,9H2,1-3H3,(H,16,17,18). The molecule has 1 unspecified atom stereocenters. The topological polar surface area (TPSA) is 102 Å². The van der Waals surface area contributed by atoms with E-state index in [4.69, 9.17) is 4.74 Å². The van der Waals surface area contributed by atoms with E-state index < -0.39 is 27.3 Å². The van der Waals surface area contributed by atoms with E-state index in [1.165, 1.54) is 18.3 Å². The number of rotatable bonds is 3. The van der Waals surface area contributed by atoms with Crippen molar-refractivity contribution in [3.63, 3.8) is 0 Å². The van der Waals surface area contributed by atoms with Gasteiger partial charge in [-0.1, -0.05) is 0 Å². The van der Waals surface area contributed by atoms with E-state index >= 15 is 0 Å². The van der Waals surface area contributed by atoms with Crippen molar-refractivity contribution < 1.29 is 22.7 Å². The number of ether oxygens (including phenoxy) is 1. The Morgan fingerprint density at radius 2 is 2.04 bits per heavy atom. The molecule has 0 radical (unpaired) electrons. The molecule has 1 fully saturated rings. The van der Waals surface area contributed by atoms with Crippen molar-refractivity contribution >= 4 is 27.4 Å². The van der Waals surface area contributed by atoms with Gasteiger partial charge in [-0.2, -0.15) is 0 Å². The summed E-state index contributed by atoms with van der Waals surface area (Å²) in [4.78, 5) is 28.0. The molecule has 1 saturated heterocycles. The number of aromatic nitrogens is 1. The summed E-state index contributed by atoms with van der Waals surface area (Å²) < 4.78 is 28.1. The van der Waals surface area contributed by atoms with E-state index in [9.17, 15) is 18.0 Å². The van der Waals surface area contributed by atoms with Gasteiger partial charge in [0.1, 0.15) is 11.3 Å². The molecule has 1 aromatic rings. The number of esters is 1. The van der Waals surface area contributed by atoms with Crippen molar-refractivity contribution in [3.05, 3.63) is 24.0 Å². The summed E-state index contributed by atoms with van der Waals surface area (Å²) >= 11 is 0. The van der Waals surface area contributed by atoms with Gasteiger partial charge in [0, 0.05) is 11.9 Å². The number of pyridine rings is 1. The van der Waals surface area contributed by atoms with Gasteiger partial charge < -0.3 is 10.1 Å². The summed E-state index contributed by atoms with van der Waals surface area (Å²) in [7, 11) is -3.12. The SMILES string of the molecule is CC(C)(C)OC(=O)c1cc(NC(=O)C2CCS(=O)(=O)C2)ccn1. The molecule has 2 rings (SSSR count). The molecule has 1 aliphatic rings. The summed E-state index contributed by atoms with van der Waals surface area (Å²) in [5.74, 6) is -1.62. The van der Waals surface area contributed by atoms with Gasteiger partial charge in [0.05, 0.1) is 17.4 Å². The highest BCUT2D eigenvalue weighted by molar-refractivity contribution is 7.91. The lowest BCUT2D eigenvalue weighted by molar-refractivity contribution is -0.119. The van der Waals surface area contributed by atoms with Gasteiger partial charge in [-0.15, -0.1) is 0 Å². The van der Waals surface area contributed by atoms with Gasteiger partial charge in [0.25, 0.3) is 0 Å². The van der Waals surface area contributed by atoms with Crippen LogP contribution in [0.15, 0.2) is 18.3 Å². The lowest BCUT2D eigenvalue weighted by Gasteiger charge is -2.19. The minimum Gasteiger partial charge on any atom is -0.455 e. The van der Waals surface area contributed by atoms with Crippen molar-refractivity contribution in [1.82, 2.24) is 4.98 Å². The first-order valence-electron chi connectivity index (χ1n) is 7.26. The molecular formula is C15H20N2O5S. The highest BCUT2D eigenvalue weighted by Gasteiger charge is 2.33. The quantitative estimate of drug-likeness (QED) is 0.835. The zero-order chi connectivity index (χ0) is 17.3. The molecule has 7 nitrogen and oxygen atoms in total. The lowest BCUT2D eigenvalue weighted by Crippen LogP contribution is -2.25. The van der Waals surface area contributed by atoms with Crippen molar-refractivity contribution in [2.45, 2.75) is 32.8 Å². The smallest absolute Gasteiger partial charge is 0.357 e. The Kier molecular flexibility index (Phi) is 4.74. The predicted octanol–water partition coefficient (Wildman–Crippen LogP) is 1.41. The van der Waals surface area contributed by atoms with Gasteiger partial charge >= 0.3 is 5.97 Å². The van der Waals surface area contributed by atoms with Gasteiger partial charge in [-0.3, -0.25) is 4.79 Å². The molecule has 8 heteroatoms. The van der Waals surface area contributed by atoms with Crippen LogP contribution in [0.25, 0.3) is 0 Å². The molecule has 23 heavy (non-hydrogen) atoms. The lowest BCUT2D eigenvalue weighted by atomic mass is 10.1. The number of nitrogens with one attached hydrogen (secondary N) is 1. The maximum atomic E-state index is 12.1. The molecule has 1 aromatic heterocycles. The van der Waals surface area contributed by atoms with Crippen LogP contribution in [0.1, 0.15) is 37.7 Å². The van der Waals surface area contributed by atoms with E-state index in [1.807, 2.05) is 0 Å². The normalized spacial score (nSPS) is 20.0. The largest absolute Gasteiger partial charge is 0.455 e. The minimum absolute atomic E-state index is 0.0323. The monoisotopic (exact) mass is 340 g/mol. The summed E-state index contributed by atoms with van der Waals surface area (Å²) in [6.07, 6.45) is 1.71. The molecule has 126 valence electrons. The zero-order valence-electron chi connectivity index (χ0n) is 13.3. The summed E-state index contributed by atoms with van der Waals surface area (Å²) in [5, 5.41) is 2.63. The maximum absolute atomic E-state index is 12.1. The maximum Gasteiger partial charge on any atom is 0.357 e. The first-order valence-corrected chi connectivity index (χ1v) is 9.08. The van der Waals surface area contributed by atoms with Gasteiger partial charge in [-0.05, 0) is 39.3 Å². The Morgan fingerprint density at radius 3 is 2.61 bits per heavy atom. The van der Waals surface area contributed by atoms with E-state index in [2.05, 4.69) is 10.3 Å². The third-order valence-corrected chi connectivity index (χ3v) is 5.01. The molecule has 0 spiro atoms. The third kappa shape index (κ3) is 5.02. The first kappa shape index (κ1) is 17.4. The average Bonchev–Trinajstić information content (AvgIpc) is 2.77. The Hall–Kier alpha value is -1.96. The van der Waals surface area contributed by atoms with Crippen LogP contribution < -0.4 is 5.32 Å². The summed E-state index contributed by atoms with van der Waals surface area (Å²) in [6.45, 7) is 5.24. The molecule has 2 heterocycles. The predicted molar refractivity (Wildman–Crippen MR) is 84.8 cm³/mol. The fourth-order valence-corrected chi connectivity index (χ4v) is 3.94. The molecule has 1 amide bonds. The van der Waals surface area contributed by atoms with Crippen LogP contribution in [-0.2, 0) is 19.4 Å². The summed E-state index contributed by atoms with van der Waals surface area (Å²) in [6, 6.07) is 2.95. The van der Waals surface area contributed by atoms with E-state index in [0.29, 0.717) is 12.1 Å². The van der Waals surface area contributed by atoms with Crippen molar-refractivity contribution in [1.29, 1.82) is 0 Å². The molecule has 0 bridgehead atoms. The molecule has 0 aromatic carbocycles. The number of anilines is 1. The highest BCUT2D eigenvalue weighted by Crippen LogP contribution is 2.21. The number of carbonyl (C=O) groups excluding carboxylic acids is 2. The highest BCUT2D eigenvalue weighted by atomic mass is 32.2. The van der Waals surface area contributed by atoms with Crippen LogP contribution in [0, 0.1) is 5.92 Å². The average molecular weight is 340 g/mol. The molecular weight excluding hydrogens is 320 g/mol. The number of hydrogen-bond donors (Lipinski definition) is 1. The van der Waals surface area contributed by atoms with Gasteiger partial charge in [-0.25, -0.2) is 18.2 Å². The number of carbonyl (C=O) groups is 2. The summed E-state index contributed by atoms with van der Waals surface area (Å²) in [5.41, 5.74) is -0.178. The number of sulfone groups is 1. The van der Waals surface area contributed by atoms with E-state index in [-0.39, 0.29) is 23.1 Å². The van der Waals surface area contributed by atoms with Crippen LogP contribution in [0.3, 0.4) is 0 Å². The fraction of sp³-hybridized carbons (Fsp3) is 0.533. The Morgan fingerprint density at radius 1 is 1.35 bits per heavy atom. The van der Waals surface area contributed by atoms with E-state index in [0.717, 1.165) is 0 Å².